The Morgan fingerprint density at radius 2 is 2.00 bits per heavy atom. The minimum absolute atomic E-state index is 0.113. The molecule has 1 atom stereocenters. The number of hydrogen-bond acceptors (Lipinski definition) is 6. The summed E-state index contributed by atoms with van der Waals surface area (Å²) in [5.74, 6) is 0.141. The molecule has 142 valence electrons. The van der Waals surface area contributed by atoms with E-state index in [0.29, 0.717) is 13.1 Å². The molecule has 0 unspecified atom stereocenters. The average Bonchev–Trinajstić information content (AvgIpc) is 3.42. The van der Waals surface area contributed by atoms with E-state index in [9.17, 15) is 4.79 Å². The molecule has 5 heterocycles. The molecule has 1 fully saturated rings. The van der Waals surface area contributed by atoms with Gasteiger partial charge in [-0.25, -0.2) is 4.98 Å². The number of fused-ring (bicyclic) bond motifs is 2. The van der Waals surface area contributed by atoms with Gasteiger partial charge in [0.2, 0.25) is 5.82 Å². The Kier molecular flexibility index (Phi) is 3.85. The third-order valence-electron chi connectivity index (χ3n) is 5.63. The Morgan fingerprint density at radius 3 is 2.79 bits per heavy atom. The fourth-order valence-electron chi connectivity index (χ4n) is 4.36. The number of amides is 1. The Hall–Kier alpha value is -3.29. The van der Waals surface area contributed by atoms with Crippen molar-refractivity contribution in [1.82, 2.24) is 29.6 Å². The van der Waals surface area contributed by atoms with E-state index in [0.717, 1.165) is 36.6 Å². The summed E-state index contributed by atoms with van der Waals surface area (Å²) in [5, 5.41) is 4.17. The van der Waals surface area contributed by atoms with Gasteiger partial charge in [0.25, 0.3) is 5.91 Å². The maximum atomic E-state index is 12.8. The van der Waals surface area contributed by atoms with Gasteiger partial charge in [-0.3, -0.25) is 19.4 Å². The lowest BCUT2D eigenvalue weighted by Crippen LogP contribution is -2.38. The molecule has 8 nitrogen and oxygen atoms in total. The molecule has 8 heteroatoms. The maximum absolute atomic E-state index is 12.8. The van der Waals surface area contributed by atoms with E-state index in [1.807, 2.05) is 41.6 Å². The summed E-state index contributed by atoms with van der Waals surface area (Å²) in [5.41, 5.74) is 3.09. The molecule has 1 saturated heterocycles. The van der Waals surface area contributed by atoms with Crippen molar-refractivity contribution in [2.45, 2.75) is 18.4 Å². The highest BCUT2D eigenvalue weighted by atomic mass is 16.2. The second kappa shape index (κ2) is 6.40. The van der Waals surface area contributed by atoms with E-state index in [1.54, 1.807) is 18.1 Å². The Bertz CT molecular complexity index is 1020. The number of aryl methyl sites for hydroxylation is 1. The molecule has 3 aromatic heterocycles. The van der Waals surface area contributed by atoms with Crippen LogP contribution in [0.15, 0.2) is 49.1 Å². The van der Waals surface area contributed by atoms with Crippen molar-refractivity contribution in [2.24, 2.45) is 7.05 Å². The number of hydrogen-bond donors (Lipinski definition) is 0. The maximum Gasteiger partial charge on any atom is 0.293 e. The van der Waals surface area contributed by atoms with Gasteiger partial charge in [0.15, 0.2) is 0 Å². The van der Waals surface area contributed by atoms with Crippen molar-refractivity contribution < 1.29 is 4.79 Å². The highest BCUT2D eigenvalue weighted by Crippen LogP contribution is 2.45. The quantitative estimate of drug-likeness (QED) is 0.689. The molecule has 0 aliphatic carbocycles. The van der Waals surface area contributed by atoms with Crippen molar-refractivity contribution >= 4 is 11.6 Å². The average molecular weight is 375 g/mol. The molecule has 28 heavy (non-hydrogen) atoms. The smallest absolute Gasteiger partial charge is 0.293 e. The first-order valence-corrected chi connectivity index (χ1v) is 9.40. The number of likely N-dealkylation sites (tertiary alicyclic amines) is 1. The van der Waals surface area contributed by atoms with E-state index in [1.165, 1.54) is 0 Å². The van der Waals surface area contributed by atoms with Gasteiger partial charge in [-0.2, -0.15) is 0 Å². The van der Waals surface area contributed by atoms with Crippen LogP contribution in [0, 0.1) is 0 Å². The number of nitrogens with zero attached hydrogens (tertiary/aromatic N) is 7. The molecule has 2 aliphatic heterocycles. The number of anilines is 1. The first-order chi connectivity index (χ1) is 13.6. The van der Waals surface area contributed by atoms with Crippen LogP contribution in [-0.2, 0) is 19.0 Å². The van der Waals surface area contributed by atoms with Crippen LogP contribution in [-0.4, -0.2) is 55.2 Å². The van der Waals surface area contributed by atoms with Crippen LogP contribution in [0.5, 0.6) is 0 Å². The first-order valence-electron chi connectivity index (χ1n) is 9.40. The lowest BCUT2D eigenvalue weighted by molar-refractivity contribution is 0.0772. The predicted octanol–water partition coefficient (Wildman–Crippen LogP) is 1.41. The zero-order valence-corrected chi connectivity index (χ0v) is 15.7. The fraction of sp³-hybridized carbons (Fsp3) is 0.350. The Labute approximate surface area is 162 Å². The second-order valence-corrected chi connectivity index (χ2v) is 7.55. The van der Waals surface area contributed by atoms with E-state index < -0.39 is 0 Å². The van der Waals surface area contributed by atoms with Gasteiger partial charge in [-0.05, 0) is 30.7 Å². The van der Waals surface area contributed by atoms with Crippen LogP contribution >= 0.6 is 0 Å². The van der Waals surface area contributed by atoms with E-state index >= 15 is 0 Å². The van der Waals surface area contributed by atoms with Crippen LogP contribution in [0.25, 0.3) is 0 Å². The summed E-state index contributed by atoms with van der Waals surface area (Å²) < 4.78 is 1.56. The highest BCUT2D eigenvalue weighted by Gasteiger charge is 2.49. The summed E-state index contributed by atoms with van der Waals surface area (Å²) in [6, 6.07) is 10.1. The topological polar surface area (TPSA) is 80.0 Å². The third kappa shape index (κ3) is 2.72. The SMILES string of the molecule is Cn1cnc(C(=O)N2CC[C@@]3(C2)CN(Cc2ccccn2)c2cccnc23)n1. The molecule has 2 aliphatic rings. The van der Waals surface area contributed by atoms with Gasteiger partial charge >= 0.3 is 0 Å². The number of pyridine rings is 2. The lowest BCUT2D eigenvalue weighted by atomic mass is 9.85. The number of rotatable bonds is 3. The van der Waals surface area contributed by atoms with E-state index in [-0.39, 0.29) is 17.1 Å². The molecular formula is C20H21N7O. The molecule has 0 N–H and O–H groups in total. The molecule has 3 aromatic rings. The summed E-state index contributed by atoms with van der Waals surface area (Å²) >= 11 is 0. The minimum Gasteiger partial charge on any atom is -0.363 e. The van der Waals surface area contributed by atoms with Crippen LogP contribution < -0.4 is 4.90 Å². The van der Waals surface area contributed by atoms with Crippen molar-refractivity contribution in [1.29, 1.82) is 0 Å². The standard InChI is InChI=1S/C20H21N7O/c1-25-14-23-18(24-25)19(28)26-10-7-20(12-26)13-27(11-15-5-2-3-8-21-15)16-6-4-9-22-17(16)20/h2-6,8-9,14H,7,10-13H2,1H3/t20-/m1/s1. The minimum atomic E-state index is -0.157. The molecule has 0 saturated carbocycles. The largest absolute Gasteiger partial charge is 0.363 e. The second-order valence-electron chi connectivity index (χ2n) is 7.55. The number of carbonyl (C=O) groups excluding carboxylic acids is 1. The normalized spacial score (nSPS) is 20.8. The van der Waals surface area contributed by atoms with Crippen molar-refractivity contribution in [2.75, 3.05) is 24.5 Å². The molecule has 1 amide bonds. The molecule has 0 bridgehead atoms. The van der Waals surface area contributed by atoms with Gasteiger partial charge in [0, 0.05) is 39.1 Å². The monoisotopic (exact) mass is 375 g/mol. The van der Waals surface area contributed by atoms with Crippen LogP contribution in [0.3, 0.4) is 0 Å². The molecule has 0 aromatic carbocycles. The van der Waals surface area contributed by atoms with Crippen molar-refractivity contribution in [3.05, 3.63) is 66.3 Å². The van der Waals surface area contributed by atoms with E-state index in [2.05, 4.69) is 26.0 Å². The Morgan fingerprint density at radius 1 is 1.11 bits per heavy atom. The molecule has 5 rings (SSSR count). The number of aromatic nitrogens is 5. The van der Waals surface area contributed by atoms with E-state index in [4.69, 9.17) is 4.98 Å². The zero-order valence-electron chi connectivity index (χ0n) is 15.7. The summed E-state index contributed by atoms with van der Waals surface area (Å²) in [4.78, 5) is 30.3. The summed E-state index contributed by atoms with van der Waals surface area (Å²) in [6.45, 7) is 2.88. The molecule has 1 spiro atoms. The Balaban J connectivity index is 1.42. The van der Waals surface area contributed by atoms with Gasteiger partial charge in [-0.15, -0.1) is 5.10 Å². The summed E-state index contributed by atoms with van der Waals surface area (Å²) in [7, 11) is 1.77. The van der Waals surface area contributed by atoms with Crippen LogP contribution in [0.4, 0.5) is 5.69 Å². The van der Waals surface area contributed by atoms with Gasteiger partial charge in [0.05, 0.1) is 29.0 Å². The van der Waals surface area contributed by atoms with Crippen LogP contribution in [0.2, 0.25) is 0 Å². The zero-order chi connectivity index (χ0) is 19.1. The molecular weight excluding hydrogens is 354 g/mol. The van der Waals surface area contributed by atoms with Crippen LogP contribution in [0.1, 0.15) is 28.4 Å². The van der Waals surface area contributed by atoms with Gasteiger partial charge < -0.3 is 9.80 Å². The first kappa shape index (κ1) is 16.9. The van der Waals surface area contributed by atoms with Crippen molar-refractivity contribution in [3.8, 4) is 0 Å². The third-order valence-corrected chi connectivity index (χ3v) is 5.63. The number of carbonyl (C=O) groups is 1. The lowest BCUT2D eigenvalue weighted by Gasteiger charge is -2.25. The summed E-state index contributed by atoms with van der Waals surface area (Å²) in [6.07, 6.45) is 6.10. The fourth-order valence-corrected chi connectivity index (χ4v) is 4.36. The highest BCUT2D eigenvalue weighted by molar-refractivity contribution is 5.90. The van der Waals surface area contributed by atoms with Gasteiger partial charge in [0.1, 0.15) is 6.33 Å². The molecule has 0 radical (unpaired) electrons. The predicted molar refractivity (Wildman–Crippen MR) is 103 cm³/mol. The van der Waals surface area contributed by atoms with Gasteiger partial charge in [-0.1, -0.05) is 6.07 Å². The van der Waals surface area contributed by atoms with Crippen molar-refractivity contribution in [3.63, 3.8) is 0 Å².